The first-order chi connectivity index (χ1) is 8.65. The molecule has 2 rings (SSSR count). The molecule has 2 aromatic rings. The third kappa shape index (κ3) is 3.28. The fraction of sp³-hybridized carbons (Fsp3) is 0.143. The molecule has 0 unspecified atom stereocenters. The fourth-order valence-corrected chi connectivity index (χ4v) is 2.20. The van der Waals surface area contributed by atoms with Crippen molar-refractivity contribution in [1.29, 1.82) is 0 Å². The first kappa shape index (κ1) is 12.5. The molecular weight excluding hydrogens is 246 g/mol. The van der Waals surface area contributed by atoms with Gasteiger partial charge in [0.25, 0.3) is 0 Å². The van der Waals surface area contributed by atoms with Gasteiger partial charge < -0.3 is 5.11 Å². The molecule has 92 valence electrons. The third-order valence-corrected chi connectivity index (χ3v) is 3.34. The summed E-state index contributed by atoms with van der Waals surface area (Å²) in [6, 6.07) is 7.90. The molecule has 0 bridgehead atoms. The molecule has 0 spiro atoms. The van der Waals surface area contributed by atoms with Gasteiger partial charge in [0.05, 0.1) is 5.51 Å². The van der Waals surface area contributed by atoms with Gasteiger partial charge >= 0.3 is 5.97 Å². The summed E-state index contributed by atoms with van der Waals surface area (Å²) in [6.45, 7) is 1.59. The smallest absolute Gasteiger partial charge is 0.331 e. The third-order valence-electron chi connectivity index (χ3n) is 2.56. The van der Waals surface area contributed by atoms with Crippen molar-refractivity contribution < 1.29 is 9.90 Å². The summed E-state index contributed by atoms with van der Waals surface area (Å²) in [6.07, 6.45) is 4.40. The van der Waals surface area contributed by atoms with Gasteiger partial charge in [-0.25, -0.2) is 4.79 Å². The number of aromatic nitrogens is 1. The normalized spacial score (nSPS) is 11.5. The summed E-state index contributed by atoms with van der Waals surface area (Å²) in [7, 11) is 0. The average Bonchev–Trinajstić information content (AvgIpc) is 2.84. The van der Waals surface area contributed by atoms with E-state index in [0.717, 1.165) is 12.0 Å². The van der Waals surface area contributed by atoms with E-state index in [4.69, 9.17) is 5.11 Å². The summed E-state index contributed by atoms with van der Waals surface area (Å²) in [5, 5.41) is 8.80. The lowest BCUT2D eigenvalue weighted by Gasteiger charge is -2.00. The van der Waals surface area contributed by atoms with Gasteiger partial charge in [-0.3, -0.25) is 4.98 Å². The molecule has 0 fully saturated rings. The van der Waals surface area contributed by atoms with E-state index in [-0.39, 0.29) is 0 Å². The van der Waals surface area contributed by atoms with E-state index in [9.17, 15) is 4.79 Å². The SMILES string of the molecule is CC(=Cc1ccc(Cc2cncs2)cc1)C(=O)O. The van der Waals surface area contributed by atoms with E-state index in [1.807, 2.05) is 36.0 Å². The Kier molecular flexibility index (Phi) is 3.89. The van der Waals surface area contributed by atoms with Crippen LogP contribution in [0.1, 0.15) is 22.9 Å². The van der Waals surface area contributed by atoms with E-state index in [2.05, 4.69) is 4.98 Å². The van der Waals surface area contributed by atoms with Crippen molar-refractivity contribution in [3.63, 3.8) is 0 Å². The molecule has 4 heteroatoms. The number of thiazole rings is 1. The zero-order valence-corrected chi connectivity index (χ0v) is 10.8. The van der Waals surface area contributed by atoms with E-state index < -0.39 is 5.97 Å². The van der Waals surface area contributed by atoms with Crippen LogP contribution in [0, 0.1) is 0 Å². The van der Waals surface area contributed by atoms with E-state index >= 15 is 0 Å². The number of hydrogen-bond donors (Lipinski definition) is 1. The van der Waals surface area contributed by atoms with Crippen LogP contribution in [0.5, 0.6) is 0 Å². The standard InChI is InChI=1S/C14H13NO2S/c1-10(14(16)17)6-11-2-4-12(5-3-11)7-13-8-15-9-18-13/h2-6,8-9H,7H2,1H3,(H,16,17). The molecule has 1 N–H and O–H groups in total. The minimum Gasteiger partial charge on any atom is -0.478 e. The number of carboxylic acids is 1. The second-order valence-corrected chi connectivity index (χ2v) is 4.99. The van der Waals surface area contributed by atoms with Crippen molar-refractivity contribution in [3.05, 3.63) is 57.6 Å². The largest absolute Gasteiger partial charge is 0.478 e. The number of benzene rings is 1. The summed E-state index contributed by atoms with van der Waals surface area (Å²) in [5.74, 6) is -0.885. The number of nitrogens with zero attached hydrogens (tertiary/aromatic N) is 1. The summed E-state index contributed by atoms with van der Waals surface area (Å²) in [5.41, 5.74) is 4.26. The number of carboxylic acid groups (broad SMARTS) is 1. The highest BCUT2D eigenvalue weighted by atomic mass is 32.1. The Labute approximate surface area is 109 Å². The molecule has 18 heavy (non-hydrogen) atoms. The van der Waals surface area contributed by atoms with Crippen molar-refractivity contribution in [2.45, 2.75) is 13.3 Å². The second kappa shape index (κ2) is 5.60. The maximum Gasteiger partial charge on any atom is 0.331 e. The maximum absolute atomic E-state index is 10.7. The molecule has 1 heterocycles. The predicted octanol–water partition coefficient (Wildman–Crippen LogP) is 3.22. The number of aliphatic carboxylic acids is 1. The Morgan fingerprint density at radius 2 is 2.11 bits per heavy atom. The van der Waals surface area contributed by atoms with Gasteiger partial charge in [-0.1, -0.05) is 24.3 Å². The summed E-state index contributed by atoms with van der Waals surface area (Å²) in [4.78, 5) is 16.0. The van der Waals surface area contributed by atoms with Crippen LogP contribution in [-0.4, -0.2) is 16.1 Å². The Balaban J connectivity index is 2.10. The molecule has 3 nitrogen and oxygen atoms in total. The van der Waals surface area contributed by atoms with E-state index in [1.165, 1.54) is 10.4 Å². The molecule has 0 atom stereocenters. The minimum absolute atomic E-state index is 0.338. The van der Waals surface area contributed by atoms with Gasteiger partial charge in [-0.15, -0.1) is 11.3 Å². The molecule has 0 radical (unpaired) electrons. The van der Waals surface area contributed by atoms with Crippen molar-refractivity contribution in [2.24, 2.45) is 0 Å². The van der Waals surface area contributed by atoms with Crippen LogP contribution in [0.15, 0.2) is 41.5 Å². The van der Waals surface area contributed by atoms with Crippen LogP contribution in [0.3, 0.4) is 0 Å². The van der Waals surface area contributed by atoms with Gasteiger partial charge in [0.2, 0.25) is 0 Å². The van der Waals surface area contributed by atoms with Gasteiger partial charge in [0, 0.05) is 23.1 Å². The first-order valence-electron chi connectivity index (χ1n) is 5.53. The van der Waals surface area contributed by atoms with Crippen LogP contribution in [0.2, 0.25) is 0 Å². The zero-order valence-electron chi connectivity index (χ0n) is 9.96. The quantitative estimate of drug-likeness (QED) is 0.858. The Morgan fingerprint density at radius 1 is 1.39 bits per heavy atom. The number of carbonyl (C=O) groups is 1. The summed E-state index contributed by atoms with van der Waals surface area (Å²) < 4.78 is 0. The maximum atomic E-state index is 10.7. The molecular formula is C14H13NO2S. The number of hydrogen-bond acceptors (Lipinski definition) is 3. The average molecular weight is 259 g/mol. The molecule has 0 aliphatic heterocycles. The van der Waals surface area contributed by atoms with Crippen LogP contribution in [-0.2, 0) is 11.2 Å². The van der Waals surface area contributed by atoms with Crippen molar-refractivity contribution in [1.82, 2.24) is 4.98 Å². The molecule has 1 aromatic heterocycles. The van der Waals surface area contributed by atoms with Crippen LogP contribution in [0.25, 0.3) is 6.08 Å². The van der Waals surface area contributed by atoms with Crippen LogP contribution < -0.4 is 0 Å². The van der Waals surface area contributed by atoms with Gasteiger partial charge in [0.15, 0.2) is 0 Å². The first-order valence-corrected chi connectivity index (χ1v) is 6.41. The molecule has 0 aliphatic rings. The lowest BCUT2D eigenvalue weighted by molar-refractivity contribution is -0.132. The monoisotopic (exact) mass is 259 g/mol. The van der Waals surface area contributed by atoms with Crippen molar-refractivity contribution in [2.75, 3.05) is 0 Å². The van der Waals surface area contributed by atoms with E-state index in [1.54, 1.807) is 24.3 Å². The van der Waals surface area contributed by atoms with Gasteiger partial charge in [0.1, 0.15) is 0 Å². The predicted molar refractivity (Wildman–Crippen MR) is 72.6 cm³/mol. The van der Waals surface area contributed by atoms with Gasteiger partial charge in [-0.05, 0) is 24.1 Å². The van der Waals surface area contributed by atoms with E-state index in [0.29, 0.717) is 5.57 Å². The molecule has 0 aliphatic carbocycles. The molecule has 0 amide bonds. The highest BCUT2D eigenvalue weighted by Crippen LogP contribution is 2.15. The lowest BCUT2D eigenvalue weighted by atomic mass is 10.1. The van der Waals surface area contributed by atoms with Crippen LogP contribution >= 0.6 is 11.3 Å². The Bertz CT molecular complexity index is 556. The highest BCUT2D eigenvalue weighted by Gasteiger charge is 2.01. The van der Waals surface area contributed by atoms with Crippen LogP contribution in [0.4, 0.5) is 0 Å². The Morgan fingerprint density at radius 3 is 2.67 bits per heavy atom. The molecule has 0 saturated carbocycles. The molecule has 1 aromatic carbocycles. The molecule has 0 saturated heterocycles. The summed E-state index contributed by atoms with van der Waals surface area (Å²) >= 11 is 1.64. The van der Waals surface area contributed by atoms with Gasteiger partial charge in [-0.2, -0.15) is 0 Å². The lowest BCUT2D eigenvalue weighted by Crippen LogP contribution is -1.95. The fourth-order valence-electron chi connectivity index (χ4n) is 1.57. The minimum atomic E-state index is -0.885. The second-order valence-electron chi connectivity index (χ2n) is 4.02. The van der Waals surface area contributed by atoms with Crippen molar-refractivity contribution >= 4 is 23.4 Å². The Hall–Kier alpha value is -1.94. The topological polar surface area (TPSA) is 50.2 Å². The highest BCUT2D eigenvalue weighted by molar-refractivity contribution is 7.09. The van der Waals surface area contributed by atoms with Crippen molar-refractivity contribution in [3.8, 4) is 0 Å². The number of rotatable bonds is 4. The zero-order chi connectivity index (χ0) is 13.0.